The number of carbonyl (C=O) groups excluding carboxylic acids is 1. The number of hydrogen-bond acceptors (Lipinski definition) is 6. The molecule has 2 aromatic heterocycles. The fourth-order valence-electron chi connectivity index (χ4n) is 3.83. The van der Waals surface area contributed by atoms with Crippen molar-refractivity contribution in [3.05, 3.63) is 42.7 Å². The highest BCUT2D eigenvalue weighted by molar-refractivity contribution is 5.89. The first-order chi connectivity index (χ1) is 14.6. The largest absolute Gasteiger partial charge is 0.497 e. The molecule has 0 bridgehead atoms. The van der Waals surface area contributed by atoms with Crippen molar-refractivity contribution in [1.82, 2.24) is 19.7 Å². The molecule has 4 rings (SSSR count). The van der Waals surface area contributed by atoms with Crippen LogP contribution in [0.5, 0.6) is 11.5 Å². The highest BCUT2D eigenvalue weighted by atomic mass is 16.5. The number of methoxy groups -OCH3 is 2. The van der Waals surface area contributed by atoms with Gasteiger partial charge in [-0.15, -0.1) is 5.10 Å². The van der Waals surface area contributed by atoms with Crippen LogP contribution in [-0.2, 0) is 15.1 Å². The summed E-state index contributed by atoms with van der Waals surface area (Å²) in [7, 11) is 3.17. The normalized spacial score (nSPS) is 15.5. The summed E-state index contributed by atoms with van der Waals surface area (Å²) in [5.74, 6) is 1.85. The number of carbonyl (C=O) groups is 1. The predicted molar refractivity (Wildman–Crippen MR) is 111 cm³/mol. The Balaban J connectivity index is 1.49. The maximum absolute atomic E-state index is 12.8. The van der Waals surface area contributed by atoms with E-state index in [-0.39, 0.29) is 17.4 Å². The molecule has 1 fully saturated rings. The van der Waals surface area contributed by atoms with E-state index in [9.17, 15) is 4.79 Å². The van der Waals surface area contributed by atoms with Gasteiger partial charge >= 0.3 is 0 Å². The van der Waals surface area contributed by atoms with Crippen molar-refractivity contribution in [3.63, 3.8) is 0 Å². The van der Waals surface area contributed by atoms with Crippen molar-refractivity contribution < 1.29 is 19.0 Å². The molecule has 0 spiro atoms. The first kappa shape index (κ1) is 20.0. The molecule has 0 radical (unpaired) electrons. The smallest absolute Gasteiger partial charge is 0.249 e. The lowest BCUT2D eigenvalue weighted by atomic mass is 9.86. The number of rotatable bonds is 7. The van der Waals surface area contributed by atoms with Crippen LogP contribution in [0, 0.1) is 0 Å². The molecule has 1 aliphatic heterocycles. The Morgan fingerprint density at radius 1 is 1.23 bits per heavy atom. The second-order valence-corrected chi connectivity index (χ2v) is 7.23. The summed E-state index contributed by atoms with van der Waals surface area (Å²) in [6.45, 7) is 1.26. The minimum absolute atomic E-state index is 0.141. The van der Waals surface area contributed by atoms with Gasteiger partial charge in [-0.2, -0.15) is 4.98 Å². The molecule has 0 unspecified atom stereocenters. The fourth-order valence-corrected chi connectivity index (χ4v) is 3.83. The molecular formula is C21H25N5O4. The van der Waals surface area contributed by atoms with Gasteiger partial charge in [-0.25, -0.2) is 0 Å². The molecule has 30 heavy (non-hydrogen) atoms. The second-order valence-electron chi connectivity index (χ2n) is 7.23. The van der Waals surface area contributed by atoms with E-state index in [0.717, 1.165) is 18.4 Å². The third-order valence-corrected chi connectivity index (χ3v) is 5.47. The van der Waals surface area contributed by atoms with Crippen LogP contribution in [0.4, 0.5) is 5.95 Å². The quantitative estimate of drug-likeness (QED) is 0.620. The number of nitrogens with zero attached hydrogens (tertiary/aromatic N) is 3. The van der Waals surface area contributed by atoms with Crippen molar-refractivity contribution in [1.29, 1.82) is 0 Å². The minimum Gasteiger partial charge on any atom is -0.497 e. The second kappa shape index (κ2) is 8.58. The number of hydrogen-bond donors (Lipinski definition) is 2. The first-order valence-electron chi connectivity index (χ1n) is 9.79. The predicted octanol–water partition coefficient (Wildman–Crippen LogP) is 2.82. The minimum atomic E-state index is -0.301. The number of aromatic nitrogens is 4. The average Bonchev–Trinajstić information content (AvgIpc) is 3.46. The molecular weight excluding hydrogens is 386 g/mol. The van der Waals surface area contributed by atoms with E-state index in [1.165, 1.54) is 0 Å². The van der Waals surface area contributed by atoms with Gasteiger partial charge in [0.1, 0.15) is 11.5 Å². The average molecular weight is 411 g/mol. The molecule has 1 aliphatic rings. The number of ether oxygens (including phenoxy) is 3. The zero-order valence-corrected chi connectivity index (χ0v) is 17.1. The molecule has 0 saturated carbocycles. The Kier molecular flexibility index (Phi) is 5.71. The van der Waals surface area contributed by atoms with Crippen molar-refractivity contribution >= 4 is 11.9 Å². The van der Waals surface area contributed by atoms with Crippen molar-refractivity contribution in [2.75, 3.05) is 32.8 Å². The number of amides is 1. The first-order valence-corrected chi connectivity index (χ1v) is 9.79. The molecule has 1 saturated heterocycles. The molecule has 3 heterocycles. The Hall–Kier alpha value is -3.33. The zero-order chi connectivity index (χ0) is 21.0. The summed E-state index contributed by atoms with van der Waals surface area (Å²) in [6.07, 6.45) is 5.87. The molecule has 158 valence electrons. The molecule has 1 aromatic carbocycles. The molecule has 0 atom stereocenters. The third-order valence-electron chi connectivity index (χ3n) is 5.47. The van der Waals surface area contributed by atoms with Gasteiger partial charge in [-0.05, 0) is 37.1 Å². The lowest BCUT2D eigenvalue weighted by molar-refractivity contribution is -0.119. The van der Waals surface area contributed by atoms with Gasteiger partial charge < -0.3 is 18.8 Å². The number of H-pyrrole nitrogens is 1. The van der Waals surface area contributed by atoms with Crippen LogP contribution in [0.25, 0.3) is 11.4 Å². The van der Waals surface area contributed by atoms with Crippen molar-refractivity contribution in [2.24, 2.45) is 0 Å². The van der Waals surface area contributed by atoms with E-state index in [2.05, 4.69) is 25.1 Å². The van der Waals surface area contributed by atoms with E-state index in [4.69, 9.17) is 14.2 Å². The van der Waals surface area contributed by atoms with Crippen LogP contribution in [0.3, 0.4) is 0 Å². The van der Waals surface area contributed by atoms with Crippen LogP contribution in [-0.4, -0.2) is 53.1 Å². The highest BCUT2D eigenvalue weighted by Gasteiger charge is 2.36. The van der Waals surface area contributed by atoms with Crippen LogP contribution < -0.4 is 14.8 Å². The molecule has 3 aromatic rings. The van der Waals surface area contributed by atoms with E-state index in [1.54, 1.807) is 20.3 Å². The Labute approximate surface area is 174 Å². The van der Waals surface area contributed by atoms with Crippen LogP contribution in [0.15, 0.2) is 42.7 Å². The van der Waals surface area contributed by atoms with E-state index in [0.29, 0.717) is 37.0 Å². The Morgan fingerprint density at radius 2 is 2.00 bits per heavy atom. The molecule has 1 amide bonds. The summed E-state index contributed by atoms with van der Waals surface area (Å²) in [5.41, 5.74) is 0.420. The summed E-state index contributed by atoms with van der Waals surface area (Å²) >= 11 is 0. The van der Waals surface area contributed by atoms with Gasteiger partial charge in [0.25, 0.3) is 0 Å². The maximum Gasteiger partial charge on any atom is 0.249 e. The summed E-state index contributed by atoms with van der Waals surface area (Å²) in [4.78, 5) is 17.2. The van der Waals surface area contributed by atoms with E-state index < -0.39 is 0 Å². The Morgan fingerprint density at radius 3 is 2.70 bits per heavy atom. The highest BCUT2D eigenvalue weighted by Crippen LogP contribution is 2.34. The molecule has 0 aliphatic carbocycles. The van der Waals surface area contributed by atoms with Gasteiger partial charge in [0.2, 0.25) is 11.9 Å². The molecule has 2 N–H and O–H groups in total. The number of anilines is 1. The van der Waals surface area contributed by atoms with Gasteiger partial charge in [-0.3, -0.25) is 15.2 Å². The lowest BCUT2D eigenvalue weighted by Gasteiger charge is -2.38. The van der Waals surface area contributed by atoms with Gasteiger partial charge in [0.05, 0.1) is 31.7 Å². The van der Waals surface area contributed by atoms with Crippen LogP contribution in [0.1, 0.15) is 19.3 Å². The monoisotopic (exact) mass is 411 g/mol. The van der Waals surface area contributed by atoms with Crippen molar-refractivity contribution in [3.8, 4) is 22.9 Å². The number of nitrogens with one attached hydrogen (secondary N) is 2. The third kappa shape index (κ3) is 4.02. The zero-order valence-electron chi connectivity index (χ0n) is 17.1. The van der Waals surface area contributed by atoms with Gasteiger partial charge in [0.15, 0.2) is 5.82 Å². The van der Waals surface area contributed by atoms with Crippen LogP contribution >= 0.6 is 0 Å². The molecule has 9 nitrogen and oxygen atoms in total. The van der Waals surface area contributed by atoms with E-state index in [1.807, 2.05) is 36.7 Å². The summed E-state index contributed by atoms with van der Waals surface area (Å²) in [5, 5.41) is 9.82. The van der Waals surface area contributed by atoms with Gasteiger partial charge in [-0.1, -0.05) is 0 Å². The van der Waals surface area contributed by atoms with E-state index >= 15 is 0 Å². The number of aromatic amines is 1. The van der Waals surface area contributed by atoms with Gasteiger partial charge in [0, 0.05) is 31.7 Å². The topological polar surface area (TPSA) is 103 Å². The Bertz CT molecular complexity index is 993. The molecule has 9 heteroatoms. The number of benzene rings is 1. The maximum atomic E-state index is 12.8. The summed E-state index contributed by atoms with van der Waals surface area (Å²) in [6, 6.07) is 9.34. The standard InChI is InChI=1S/C21H25N5O4/c1-28-15-5-6-16(17(13-15)29-2)19-23-20(25-24-19)22-18(27)14-21(7-11-30-12-8-21)26-9-3-4-10-26/h3-6,9-10,13H,7-8,11-12,14H2,1-2H3,(H2,22,23,24,25,27). The van der Waals surface area contributed by atoms with Crippen LogP contribution in [0.2, 0.25) is 0 Å². The van der Waals surface area contributed by atoms with Crippen molar-refractivity contribution in [2.45, 2.75) is 24.8 Å². The summed E-state index contributed by atoms with van der Waals surface area (Å²) < 4.78 is 18.3. The fraction of sp³-hybridized carbons (Fsp3) is 0.381. The SMILES string of the molecule is COc1ccc(-c2nc(NC(=O)CC3(n4cccc4)CCOCC3)n[nH]2)c(OC)c1. The lowest BCUT2D eigenvalue weighted by Crippen LogP contribution is -2.42.